The number of rotatable bonds is 2. The summed E-state index contributed by atoms with van der Waals surface area (Å²) in [7, 11) is 0. The molecule has 1 aromatic heterocycles. The number of thiophene rings is 1. The van der Waals surface area contributed by atoms with E-state index in [0.717, 1.165) is 38.8 Å². The van der Waals surface area contributed by atoms with E-state index in [0.29, 0.717) is 6.04 Å². The van der Waals surface area contributed by atoms with Crippen LogP contribution in [0.5, 0.6) is 0 Å². The summed E-state index contributed by atoms with van der Waals surface area (Å²) in [6, 6.07) is 2.47. The highest BCUT2D eigenvalue weighted by atomic mass is 32.1. The Kier molecular flexibility index (Phi) is 4.18. The Morgan fingerprint density at radius 1 is 1.32 bits per heavy atom. The van der Waals surface area contributed by atoms with Crippen LogP contribution in [-0.2, 0) is 11.2 Å². The van der Waals surface area contributed by atoms with Crippen LogP contribution in [-0.4, -0.2) is 25.0 Å². The van der Waals surface area contributed by atoms with Gasteiger partial charge in [-0.25, -0.2) is 0 Å². The Balaban J connectivity index is 1.65. The van der Waals surface area contributed by atoms with E-state index >= 15 is 0 Å². The number of hydrogen-bond acceptors (Lipinski definition) is 3. The largest absolute Gasteiger partial charge is 0.352 e. The number of fused-ring (bicyclic) bond motifs is 1. The molecule has 1 aromatic rings. The van der Waals surface area contributed by atoms with E-state index in [1.54, 1.807) is 11.3 Å². The fourth-order valence-electron chi connectivity index (χ4n) is 3.20. The van der Waals surface area contributed by atoms with E-state index in [1.165, 1.54) is 23.3 Å². The molecule has 0 spiro atoms. The summed E-state index contributed by atoms with van der Waals surface area (Å²) in [4.78, 5) is 13.9. The van der Waals surface area contributed by atoms with Gasteiger partial charge in [-0.05, 0) is 55.7 Å². The number of carbonyl (C=O) groups is 1. The Morgan fingerprint density at radius 3 is 3.21 bits per heavy atom. The van der Waals surface area contributed by atoms with Gasteiger partial charge in [0.2, 0.25) is 5.91 Å². The third-order valence-corrected chi connectivity index (χ3v) is 5.26. The normalized spacial score (nSPS) is 27.4. The molecule has 2 unspecified atom stereocenters. The first kappa shape index (κ1) is 13.1. The summed E-state index contributed by atoms with van der Waals surface area (Å²) in [6.45, 7) is 2.01. The molecule has 2 N–H and O–H groups in total. The van der Waals surface area contributed by atoms with Gasteiger partial charge in [0.15, 0.2) is 0 Å². The molecule has 2 atom stereocenters. The highest BCUT2D eigenvalue weighted by Crippen LogP contribution is 2.35. The minimum atomic E-state index is 0.0956. The van der Waals surface area contributed by atoms with Gasteiger partial charge in [0.1, 0.15) is 0 Å². The molecule has 104 valence electrons. The van der Waals surface area contributed by atoms with Crippen LogP contribution in [0.3, 0.4) is 0 Å². The smallest absolute Gasteiger partial charge is 0.227 e. The first-order chi connectivity index (χ1) is 9.34. The van der Waals surface area contributed by atoms with Gasteiger partial charge in [0.25, 0.3) is 0 Å². The van der Waals surface area contributed by atoms with Crippen LogP contribution >= 0.6 is 11.3 Å². The summed E-state index contributed by atoms with van der Waals surface area (Å²) in [5.74, 6) is 0.339. The highest BCUT2D eigenvalue weighted by Gasteiger charge is 2.28. The predicted octanol–water partition coefficient (Wildman–Crippen LogP) is 2.43. The Hall–Kier alpha value is -0.870. The SMILES string of the molecule is O=C(NC1CCCCNC1)C1CCCc2sccc21. The summed E-state index contributed by atoms with van der Waals surface area (Å²) in [5, 5.41) is 8.80. The molecule has 19 heavy (non-hydrogen) atoms. The minimum absolute atomic E-state index is 0.0956. The van der Waals surface area contributed by atoms with Crippen molar-refractivity contribution < 1.29 is 4.79 Å². The van der Waals surface area contributed by atoms with Gasteiger partial charge >= 0.3 is 0 Å². The average molecular weight is 278 g/mol. The maximum atomic E-state index is 12.5. The van der Waals surface area contributed by atoms with Gasteiger partial charge in [-0.2, -0.15) is 0 Å². The number of amides is 1. The average Bonchev–Trinajstić information content (AvgIpc) is 2.76. The zero-order valence-corrected chi connectivity index (χ0v) is 12.1. The standard InChI is InChI=1S/C15H22N2OS/c18-15(17-11-4-1-2-8-16-10-11)13-5-3-6-14-12(13)7-9-19-14/h7,9,11,13,16H,1-6,8,10H2,(H,17,18). The first-order valence-corrected chi connectivity index (χ1v) is 8.30. The van der Waals surface area contributed by atoms with Gasteiger partial charge in [-0.3, -0.25) is 4.79 Å². The maximum Gasteiger partial charge on any atom is 0.227 e. The Morgan fingerprint density at radius 2 is 2.26 bits per heavy atom. The van der Waals surface area contributed by atoms with Gasteiger partial charge in [0.05, 0.1) is 5.92 Å². The van der Waals surface area contributed by atoms with E-state index in [-0.39, 0.29) is 11.8 Å². The molecule has 3 nitrogen and oxygen atoms in total. The van der Waals surface area contributed by atoms with Crippen LogP contribution in [0.25, 0.3) is 0 Å². The molecule has 1 aliphatic carbocycles. The quantitative estimate of drug-likeness (QED) is 0.872. The molecule has 1 saturated heterocycles. The molecule has 1 aliphatic heterocycles. The van der Waals surface area contributed by atoms with Crippen molar-refractivity contribution in [3.8, 4) is 0 Å². The first-order valence-electron chi connectivity index (χ1n) is 7.42. The molecule has 4 heteroatoms. The van der Waals surface area contributed by atoms with Gasteiger partial charge in [-0.1, -0.05) is 6.42 Å². The fraction of sp³-hybridized carbons (Fsp3) is 0.667. The lowest BCUT2D eigenvalue weighted by Gasteiger charge is -2.25. The molecule has 0 aromatic carbocycles. The van der Waals surface area contributed by atoms with Crippen molar-refractivity contribution in [1.82, 2.24) is 10.6 Å². The van der Waals surface area contributed by atoms with Crippen LogP contribution in [0, 0.1) is 0 Å². The monoisotopic (exact) mass is 278 g/mol. The third kappa shape index (κ3) is 3.00. The third-order valence-electron chi connectivity index (χ3n) is 4.26. The lowest BCUT2D eigenvalue weighted by molar-refractivity contribution is -0.123. The molecule has 1 fully saturated rings. The van der Waals surface area contributed by atoms with E-state index < -0.39 is 0 Å². The molecular formula is C15H22N2OS. The van der Waals surface area contributed by atoms with Gasteiger partial charge < -0.3 is 10.6 Å². The van der Waals surface area contributed by atoms with Gasteiger partial charge in [-0.15, -0.1) is 11.3 Å². The second kappa shape index (κ2) is 6.06. The summed E-state index contributed by atoms with van der Waals surface area (Å²) >= 11 is 1.80. The Bertz CT molecular complexity index is 435. The lowest BCUT2D eigenvalue weighted by Crippen LogP contribution is -2.43. The van der Waals surface area contributed by atoms with Crippen molar-refractivity contribution in [2.45, 2.75) is 50.5 Å². The van der Waals surface area contributed by atoms with Crippen molar-refractivity contribution in [2.75, 3.05) is 13.1 Å². The van der Waals surface area contributed by atoms with Crippen molar-refractivity contribution in [3.63, 3.8) is 0 Å². The van der Waals surface area contributed by atoms with Crippen LogP contribution in [0.2, 0.25) is 0 Å². The van der Waals surface area contributed by atoms with Crippen molar-refractivity contribution in [1.29, 1.82) is 0 Å². The maximum absolute atomic E-state index is 12.5. The molecule has 0 radical (unpaired) electrons. The summed E-state index contributed by atoms with van der Waals surface area (Å²) < 4.78 is 0. The zero-order chi connectivity index (χ0) is 13.1. The summed E-state index contributed by atoms with van der Waals surface area (Å²) in [5.41, 5.74) is 1.29. The molecule has 0 bridgehead atoms. The fourth-order valence-corrected chi connectivity index (χ4v) is 4.19. The van der Waals surface area contributed by atoms with E-state index in [9.17, 15) is 4.79 Å². The van der Waals surface area contributed by atoms with Crippen molar-refractivity contribution in [2.24, 2.45) is 0 Å². The number of nitrogens with one attached hydrogen (secondary N) is 2. The van der Waals surface area contributed by atoms with Gasteiger partial charge in [0, 0.05) is 17.5 Å². The molecular weight excluding hydrogens is 256 g/mol. The number of carbonyl (C=O) groups excluding carboxylic acids is 1. The van der Waals surface area contributed by atoms with Crippen molar-refractivity contribution in [3.05, 3.63) is 21.9 Å². The number of hydrogen-bond donors (Lipinski definition) is 2. The van der Waals surface area contributed by atoms with E-state index in [1.807, 2.05) is 0 Å². The Labute approximate surface area is 118 Å². The topological polar surface area (TPSA) is 41.1 Å². The van der Waals surface area contributed by atoms with Crippen molar-refractivity contribution >= 4 is 17.2 Å². The lowest BCUT2D eigenvalue weighted by atomic mass is 9.87. The molecule has 3 rings (SSSR count). The van der Waals surface area contributed by atoms with Crippen LogP contribution < -0.4 is 10.6 Å². The number of aryl methyl sites for hydroxylation is 1. The van der Waals surface area contributed by atoms with Crippen LogP contribution in [0.1, 0.15) is 48.5 Å². The van der Waals surface area contributed by atoms with E-state index in [2.05, 4.69) is 22.1 Å². The van der Waals surface area contributed by atoms with E-state index in [4.69, 9.17) is 0 Å². The van der Waals surface area contributed by atoms with Crippen LogP contribution in [0.15, 0.2) is 11.4 Å². The van der Waals surface area contributed by atoms with Crippen LogP contribution in [0.4, 0.5) is 0 Å². The molecule has 2 aliphatic rings. The second-order valence-corrected chi connectivity index (χ2v) is 6.65. The molecule has 0 saturated carbocycles. The summed E-state index contributed by atoms with van der Waals surface area (Å²) in [6.07, 6.45) is 6.87. The predicted molar refractivity (Wildman–Crippen MR) is 78.6 cm³/mol. The minimum Gasteiger partial charge on any atom is -0.352 e. The second-order valence-electron chi connectivity index (χ2n) is 5.65. The highest BCUT2D eigenvalue weighted by molar-refractivity contribution is 7.10. The molecule has 2 heterocycles. The zero-order valence-electron chi connectivity index (χ0n) is 11.3. The molecule has 1 amide bonds.